The molecule has 92 valence electrons. The lowest BCUT2D eigenvalue weighted by atomic mass is 10.2. The lowest BCUT2D eigenvalue weighted by molar-refractivity contribution is 0.0696. The summed E-state index contributed by atoms with van der Waals surface area (Å²) >= 11 is 6.63. The van der Waals surface area contributed by atoms with E-state index in [4.69, 9.17) is 14.6 Å². The van der Waals surface area contributed by atoms with E-state index in [-0.39, 0.29) is 11.7 Å². The number of carboxylic acids is 1. The normalized spacial score (nSPS) is 19.3. The van der Waals surface area contributed by atoms with E-state index in [1.54, 1.807) is 0 Å². The molecule has 0 spiro atoms. The van der Waals surface area contributed by atoms with E-state index in [0.29, 0.717) is 27.9 Å². The summed E-state index contributed by atoms with van der Waals surface area (Å²) in [6, 6.07) is 3.05. The molecular formula is C11H10Br2O4. The molecule has 1 aromatic carbocycles. The summed E-state index contributed by atoms with van der Waals surface area (Å²) in [6.07, 6.45) is 0.873. The van der Waals surface area contributed by atoms with Gasteiger partial charge in [-0.15, -0.1) is 0 Å². The Morgan fingerprint density at radius 3 is 2.53 bits per heavy atom. The van der Waals surface area contributed by atoms with Crippen molar-refractivity contribution in [3.05, 3.63) is 26.6 Å². The largest absolute Gasteiger partial charge is 0.486 e. The highest BCUT2D eigenvalue weighted by Crippen LogP contribution is 2.36. The zero-order chi connectivity index (χ0) is 12.4. The van der Waals surface area contributed by atoms with Gasteiger partial charge in [-0.1, -0.05) is 0 Å². The van der Waals surface area contributed by atoms with Crippen LogP contribution in [0.25, 0.3) is 0 Å². The number of carbonyl (C=O) groups is 1. The van der Waals surface area contributed by atoms with Crippen molar-refractivity contribution in [2.45, 2.75) is 12.5 Å². The molecule has 1 fully saturated rings. The van der Waals surface area contributed by atoms with Gasteiger partial charge in [-0.25, -0.2) is 4.79 Å². The third-order valence-electron chi connectivity index (χ3n) is 2.42. The topological polar surface area (TPSA) is 55.8 Å². The number of benzene rings is 1. The number of halogens is 2. The average molecular weight is 366 g/mol. The highest BCUT2D eigenvalue weighted by atomic mass is 79.9. The summed E-state index contributed by atoms with van der Waals surface area (Å²) < 4.78 is 12.2. The average Bonchev–Trinajstić information content (AvgIpc) is 2.75. The van der Waals surface area contributed by atoms with Gasteiger partial charge in [0, 0.05) is 6.42 Å². The van der Waals surface area contributed by atoms with Gasteiger partial charge < -0.3 is 14.6 Å². The van der Waals surface area contributed by atoms with Crippen LogP contribution in [-0.4, -0.2) is 30.4 Å². The van der Waals surface area contributed by atoms with Crippen molar-refractivity contribution in [1.82, 2.24) is 0 Å². The Balaban J connectivity index is 2.24. The molecule has 0 aromatic heterocycles. The molecule has 0 radical (unpaired) electrons. The number of rotatable bonds is 3. The van der Waals surface area contributed by atoms with Gasteiger partial charge in [0.2, 0.25) is 0 Å². The molecule has 1 unspecified atom stereocenters. The highest BCUT2D eigenvalue weighted by Gasteiger charge is 2.20. The van der Waals surface area contributed by atoms with E-state index >= 15 is 0 Å². The third-order valence-corrected chi connectivity index (χ3v) is 3.60. The van der Waals surface area contributed by atoms with Gasteiger partial charge in [-0.3, -0.25) is 0 Å². The SMILES string of the molecule is O=C(O)c1cc(Br)c(OC2CCOC2)c(Br)c1. The molecule has 17 heavy (non-hydrogen) atoms. The van der Waals surface area contributed by atoms with Crippen LogP contribution in [0.4, 0.5) is 0 Å². The van der Waals surface area contributed by atoms with Gasteiger partial charge in [0.05, 0.1) is 27.7 Å². The summed E-state index contributed by atoms with van der Waals surface area (Å²) in [7, 11) is 0. The van der Waals surface area contributed by atoms with Crippen LogP contribution in [0.3, 0.4) is 0 Å². The van der Waals surface area contributed by atoms with Gasteiger partial charge in [0.1, 0.15) is 11.9 Å². The maximum absolute atomic E-state index is 10.9. The van der Waals surface area contributed by atoms with E-state index in [1.807, 2.05) is 0 Å². The summed E-state index contributed by atoms with van der Waals surface area (Å²) in [6.45, 7) is 1.27. The maximum Gasteiger partial charge on any atom is 0.335 e. The first-order valence-electron chi connectivity index (χ1n) is 5.04. The van der Waals surface area contributed by atoms with Crippen LogP contribution in [-0.2, 0) is 4.74 Å². The second-order valence-electron chi connectivity index (χ2n) is 3.68. The number of carboxylic acid groups (broad SMARTS) is 1. The molecule has 1 aliphatic heterocycles. The number of hydrogen-bond acceptors (Lipinski definition) is 3. The molecule has 6 heteroatoms. The Bertz CT molecular complexity index is 418. The van der Waals surface area contributed by atoms with Crippen LogP contribution in [0.2, 0.25) is 0 Å². The van der Waals surface area contributed by atoms with E-state index in [0.717, 1.165) is 6.42 Å². The fourth-order valence-electron chi connectivity index (χ4n) is 1.57. The van der Waals surface area contributed by atoms with E-state index < -0.39 is 5.97 Å². The van der Waals surface area contributed by atoms with Crippen LogP contribution in [0.1, 0.15) is 16.8 Å². The van der Waals surface area contributed by atoms with Crippen molar-refractivity contribution in [3.8, 4) is 5.75 Å². The summed E-state index contributed by atoms with van der Waals surface area (Å²) in [5.41, 5.74) is 0.207. The minimum atomic E-state index is -0.970. The van der Waals surface area contributed by atoms with Crippen molar-refractivity contribution < 1.29 is 19.4 Å². The molecule has 1 atom stereocenters. The Kier molecular flexibility index (Phi) is 4.06. The third kappa shape index (κ3) is 3.00. The van der Waals surface area contributed by atoms with Gasteiger partial charge >= 0.3 is 5.97 Å². The molecule has 4 nitrogen and oxygen atoms in total. The standard InChI is InChI=1S/C11H10Br2O4/c12-8-3-6(11(14)15)4-9(13)10(8)17-7-1-2-16-5-7/h3-4,7H,1-2,5H2,(H,14,15). The minimum Gasteiger partial charge on any atom is -0.486 e. The quantitative estimate of drug-likeness (QED) is 0.894. The van der Waals surface area contributed by atoms with E-state index in [1.165, 1.54) is 12.1 Å². The minimum absolute atomic E-state index is 0.0262. The van der Waals surface area contributed by atoms with Crippen LogP contribution in [0, 0.1) is 0 Å². The van der Waals surface area contributed by atoms with Gasteiger partial charge in [0.15, 0.2) is 0 Å². The van der Waals surface area contributed by atoms with Gasteiger partial charge in [-0.2, -0.15) is 0 Å². The Labute approximate surface area is 115 Å². The predicted octanol–water partition coefficient (Wildman–Crippen LogP) is 3.08. The molecule has 0 amide bonds. The number of hydrogen-bond donors (Lipinski definition) is 1. The highest BCUT2D eigenvalue weighted by molar-refractivity contribution is 9.11. The molecule has 2 rings (SSSR count). The molecule has 1 heterocycles. The molecular weight excluding hydrogens is 356 g/mol. The maximum atomic E-state index is 10.9. The smallest absolute Gasteiger partial charge is 0.335 e. The molecule has 0 bridgehead atoms. The monoisotopic (exact) mass is 364 g/mol. The van der Waals surface area contributed by atoms with Crippen LogP contribution in [0.15, 0.2) is 21.1 Å². The van der Waals surface area contributed by atoms with Crippen molar-refractivity contribution in [3.63, 3.8) is 0 Å². The molecule has 1 aliphatic rings. The van der Waals surface area contributed by atoms with Crippen molar-refractivity contribution in [2.24, 2.45) is 0 Å². The molecule has 1 saturated heterocycles. The van der Waals surface area contributed by atoms with Crippen molar-refractivity contribution in [2.75, 3.05) is 13.2 Å². The molecule has 1 aromatic rings. The van der Waals surface area contributed by atoms with Crippen LogP contribution in [0.5, 0.6) is 5.75 Å². The van der Waals surface area contributed by atoms with E-state index in [9.17, 15) is 4.79 Å². The molecule has 0 saturated carbocycles. The Morgan fingerprint density at radius 1 is 1.41 bits per heavy atom. The number of ether oxygens (including phenoxy) is 2. The lowest BCUT2D eigenvalue weighted by Crippen LogP contribution is -2.16. The second kappa shape index (κ2) is 5.37. The fraction of sp³-hybridized carbons (Fsp3) is 0.364. The summed E-state index contributed by atoms with van der Waals surface area (Å²) in [4.78, 5) is 10.9. The summed E-state index contributed by atoms with van der Waals surface area (Å²) in [5, 5.41) is 8.91. The fourth-order valence-corrected chi connectivity index (χ4v) is 2.94. The Morgan fingerprint density at radius 2 is 2.06 bits per heavy atom. The lowest BCUT2D eigenvalue weighted by Gasteiger charge is -2.15. The predicted molar refractivity (Wildman–Crippen MR) is 68.7 cm³/mol. The first-order chi connectivity index (χ1) is 8.08. The Hall–Kier alpha value is -0.590. The van der Waals surface area contributed by atoms with Crippen LogP contribution < -0.4 is 4.74 Å². The molecule has 1 N–H and O–H groups in total. The second-order valence-corrected chi connectivity index (χ2v) is 5.39. The van der Waals surface area contributed by atoms with E-state index in [2.05, 4.69) is 31.9 Å². The van der Waals surface area contributed by atoms with Crippen molar-refractivity contribution in [1.29, 1.82) is 0 Å². The zero-order valence-electron chi connectivity index (χ0n) is 8.78. The summed E-state index contributed by atoms with van der Waals surface area (Å²) in [5.74, 6) is -0.354. The zero-order valence-corrected chi connectivity index (χ0v) is 12.0. The van der Waals surface area contributed by atoms with Crippen molar-refractivity contribution >= 4 is 37.8 Å². The van der Waals surface area contributed by atoms with Crippen LogP contribution >= 0.6 is 31.9 Å². The first kappa shape index (κ1) is 12.9. The molecule has 0 aliphatic carbocycles. The van der Waals surface area contributed by atoms with Gasteiger partial charge in [-0.05, 0) is 44.0 Å². The number of aromatic carboxylic acids is 1. The first-order valence-corrected chi connectivity index (χ1v) is 6.63. The van der Waals surface area contributed by atoms with Gasteiger partial charge in [0.25, 0.3) is 0 Å².